The van der Waals surface area contributed by atoms with Crippen molar-refractivity contribution in [1.29, 1.82) is 0 Å². The molecule has 8 heteroatoms. The maximum Gasteiger partial charge on any atom is 0.224 e. The molecule has 26 heavy (non-hydrogen) atoms. The average Bonchev–Trinajstić information content (AvgIpc) is 2.68. The molecule has 1 atom stereocenters. The average molecular weight is 360 g/mol. The van der Waals surface area contributed by atoms with E-state index in [0.29, 0.717) is 18.2 Å². The SMILES string of the molecule is CC[C@H](F)CNc1ncc(-c2ccncn2)c(NC2CCC(O)CC2)n1. The molecular weight excluding hydrogens is 335 g/mol. The highest BCUT2D eigenvalue weighted by Gasteiger charge is 2.21. The van der Waals surface area contributed by atoms with Gasteiger partial charge in [0.05, 0.1) is 17.4 Å². The zero-order valence-electron chi connectivity index (χ0n) is 14.9. The normalized spacial score (nSPS) is 21.2. The molecule has 2 heterocycles. The molecule has 3 N–H and O–H groups in total. The lowest BCUT2D eigenvalue weighted by Crippen LogP contribution is -2.29. The van der Waals surface area contributed by atoms with Gasteiger partial charge in [-0.15, -0.1) is 0 Å². The summed E-state index contributed by atoms with van der Waals surface area (Å²) in [5.41, 5.74) is 1.50. The smallest absolute Gasteiger partial charge is 0.224 e. The Bertz CT molecular complexity index is 693. The predicted molar refractivity (Wildman–Crippen MR) is 98.6 cm³/mol. The standard InChI is InChI=1S/C18H25FN6O/c1-2-12(19)9-21-18-22-10-15(16-7-8-20-11-23-16)17(25-18)24-13-3-5-14(26)6-4-13/h7-8,10-14,26H,2-6,9H2,1H3,(H2,21,22,24,25)/t12-,13?,14?/m0/s1. The third kappa shape index (κ3) is 4.85. The Morgan fingerprint density at radius 2 is 2.08 bits per heavy atom. The highest BCUT2D eigenvalue weighted by Crippen LogP contribution is 2.28. The van der Waals surface area contributed by atoms with Crippen LogP contribution in [-0.4, -0.2) is 49.9 Å². The van der Waals surface area contributed by atoms with E-state index in [1.165, 1.54) is 6.33 Å². The highest BCUT2D eigenvalue weighted by molar-refractivity contribution is 5.72. The number of halogens is 1. The van der Waals surface area contributed by atoms with Gasteiger partial charge in [0, 0.05) is 25.0 Å². The lowest BCUT2D eigenvalue weighted by molar-refractivity contribution is 0.126. The first kappa shape index (κ1) is 18.4. The van der Waals surface area contributed by atoms with Crippen molar-refractivity contribution in [2.75, 3.05) is 17.2 Å². The lowest BCUT2D eigenvalue weighted by Gasteiger charge is -2.27. The van der Waals surface area contributed by atoms with Crippen molar-refractivity contribution in [3.8, 4) is 11.3 Å². The van der Waals surface area contributed by atoms with Crippen molar-refractivity contribution in [3.05, 3.63) is 24.8 Å². The first-order valence-corrected chi connectivity index (χ1v) is 9.11. The van der Waals surface area contributed by atoms with Gasteiger partial charge in [-0.3, -0.25) is 0 Å². The molecule has 1 aliphatic carbocycles. The van der Waals surface area contributed by atoms with Crippen molar-refractivity contribution in [2.45, 2.75) is 57.3 Å². The molecule has 0 unspecified atom stereocenters. The number of alkyl halides is 1. The molecule has 140 valence electrons. The van der Waals surface area contributed by atoms with Gasteiger partial charge in [0.2, 0.25) is 5.95 Å². The van der Waals surface area contributed by atoms with Crippen LogP contribution in [0.2, 0.25) is 0 Å². The second-order valence-corrected chi connectivity index (χ2v) is 6.59. The lowest BCUT2D eigenvalue weighted by atomic mass is 9.93. The molecule has 7 nitrogen and oxygen atoms in total. The molecule has 0 spiro atoms. The van der Waals surface area contributed by atoms with E-state index in [4.69, 9.17) is 0 Å². The number of nitrogens with one attached hydrogen (secondary N) is 2. The van der Waals surface area contributed by atoms with E-state index in [-0.39, 0.29) is 18.7 Å². The summed E-state index contributed by atoms with van der Waals surface area (Å²) in [5.74, 6) is 1.05. The monoisotopic (exact) mass is 360 g/mol. The third-order valence-electron chi connectivity index (χ3n) is 4.61. The molecule has 2 aromatic rings. The molecule has 1 saturated carbocycles. The number of hydrogen-bond acceptors (Lipinski definition) is 7. The topological polar surface area (TPSA) is 95.9 Å². The van der Waals surface area contributed by atoms with Crippen molar-refractivity contribution in [3.63, 3.8) is 0 Å². The number of hydrogen-bond donors (Lipinski definition) is 3. The summed E-state index contributed by atoms with van der Waals surface area (Å²) >= 11 is 0. The van der Waals surface area contributed by atoms with Gasteiger partial charge < -0.3 is 15.7 Å². The fourth-order valence-corrected chi connectivity index (χ4v) is 2.97. The number of anilines is 2. The summed E-state index contributed by atoms with van der Waals surface area (Å²) in [6.07, 6.45) is 7.44. The molecule has 0 radical (unpaired) electrons. The van der Waals surface area contributed by atoms with Crippen LogP contribution in [0.1, 0.15) is 39.0 Å². The molecule has 3 rings (SSSR count). The van der Waals surface area contributed by atoms with Gasteiger partial charge in [-0.05, 0) is 38.2 Å². The van der Waals surface area contributed by atoms with E-state index in [0.717, 1.165) is 36.9 Å². The number of aromatic nitrogens is 4. The van der Waals surface area contributed by atoms with E-state index in [2.05, 4.69) is 30.6 Å². The van der Waals surface area contributed by atoms with Crippen LogP contribution < -0.4 is 10.6 Å². The van der Waals surface area contributed by atoms with E-state index >= 15 is 0 Å². The predicted octanol–water partition coefficient (Wildman–Crippen LogP) is 2.81. The molecule has 0 saturated heterocycles. The molecular formula is C18H25FN6O. The van der Waals surface area contributed by atoms with Gasteiger partial charge in [-0.25, -0.2) is 19.3 Å². The zero-order valence-corrected chi connectivity index (χ0v) is 14.9. The molecule has 2 aromatic heterocycles. The Balaban J connectivity index is 1.81. The van der Waals surface area contributed by atoms with E-state index in [1.807, 2.05) is 0 Å². The van der Waals surface area contributed by atoms with Gasteiger partial charge in [-0.1, -0.05) is 6.92 Å². The minimum atomic E-state index is -0.934. The van der Waals surface area contributed by atoms with Crippen molar-refractivity contribution in [2.24, 2.45) is 0 Å². The summed E-state index contributed by atoms with van der Waals surface area (Å²) in [4.78, 5) is 17.1. The van der Waals surface area contributed by atoms with Gasteiger partial charge in [-0.2, -0.15) is 4.98 Å². The van der Waals surface area contributed by atoms with Gasteiger partial charge in [0.1, 0.15) is 18.3 Å². The fraction of sp³-hybridized carbons (Fsp3) is 0.556. The van der Waals surface area contributed by atoms with Crippen molar-refractivity contribution in [1.82, 2.24) is 19.9 Å². The van der Waals surface area contributed by atoms with Crippen LogP contribution in [0.15, 0.2) is 24.8 Å². The van der Waals surface area contributed by atoms with Crippen LogP contribution in [0.25, 0.3) is 11.3 Å². The second-order valence-electron chi connectivity index (χ2n) is 6.59. The number of nitrogens with zero attached hydrogens (tertiary/aromatic N) is 4. The number of aliphatic hydroxyl groups is 1. The Morgan fingerprint density at radius 3 is 2.77 bits per heavy atom. The Morgan fingerprint density at radius 1 is 1.27 bits per heavy atom. The van der Waals surface area contributed by atoms with Crippen LogP contribution in [0.5, 0.6) is 0 Å². The first-order chi connectivity index (χ1) is 12.7. The van der Waals surface area contributed by atoms with E-state index in [1.54, 1.807) is 25.4 Å². The van der Waals surface area contributed by atoms with Crippen molar-refractivity contribution < 1.29 is 9.50 Å². The van der Waals surface area contributed by atoms with E-state index < -0.39 is 6.17 Å². The largest absolute Gasteiger partial charge is 0.393 e. The molecule has 0 amide bonds. The quantitative estimate of drug-likeness (QED) is 0.699. The number of rotatable bonds is 7. The van der Waals surface area contributed by atoms with Crippen LogP contribution >= 0.6 is 0 Å². The molecule has 0 aliphatic heterocycles. The summed E-state index contributed by atoms with van der Waals surface area (Å²) in [7, 11) is 0. The van der Waals surface area contributed by atoms with Gasteiger partial charge in [0.15, 0.2) is 0 Å². The summed E-state index contributed by atoms with van der Waals surface area (Å²) in [6, 6.07) is 2.03. The third-order valence-corrected chi connectivity index (χ3v) is 4.61. The van der Waals surface area contributed by atoms with Crippen LogP contribution in [0.4, 0.5) is 16.2 Å². The van der Waals surface area contributed by atoms with Crippen molar-refractivity contribution >= 4 is 11.8 Å². The maximum atomic E-state index is 13.5. The fourth-order valence-electron chi connectivity index (χ4n) is 2.97. The maximum absolute atomic E-state index is 13.5. The minimum Gasteiger partial charge on any atom is -0.393 e. The summed E-state index contributed by atoms with van der Waals surface area (Å²) in [6.45, 7) is 1.98. The number of aliphatic hydroxyl groups excluding tert-OH is 1. The molecule has 1 fully saturated rings. The molecule has 0 aromatic carbocycles. The Labute approximate surface area is 152 Å². The van der Waals surface area contributed by atoms with E-state index in [9.17, 15) is 9.50 Å². The summed E-state index contributed by atoms with van der Waals surface area (Å²) in [5, 5.41) is 16.1. The second kappa shape index (κ2) is 8.84. The highest BCUT2D eigenvalue weighted by atomic mass is 19.1. The Hall–Kier alpha value is -2.35. The van der Waals surface area contributed by atoms with Crippen LogP contribution in [-0.2, 0) is 0 Å². The van der Waals surface area contributed by atoms with Gasteiger partial charge >= 0.3 is 0 Å². The zero-order chi connectivity index (χ0) is 18.4. The molecule has 0 bridgehead atoms. The first-order valence-electron chi connectivity index (χ1n) is 9.11. The van der Waals surface area contributed by atoms with Crippen LogP contribution in [0.3, 0.4) is 0 Å². The van der Waals surface area contributed by atoms with Crippen LogP contribution in [0, 0.1) is 0 Å². The molecule has 1 aliphatic rings. The minimum absolute atomic E-state index is 0.179. The Kier molecular flexibility index (Phi) is 6.27. The van der Waals surface area contributed by atoms with Gasteiger partial charge in [0.25, 0.3) is 0 Å². The summed E-state index contributed by atoms with van der Waals surface area (Å²) < 4.78 is 13.5.